The minimum absolute atomic E-state index is 0.0641. The number of methoxy groups -OCH3 is 1. The molecule has 0 radical (unpaired) electrons. The van der Waals surface area contributed by atoms with E-state index < -0.39 is 29.8 Å². The Kier molecular flexibility index (Phi) is 7.00. The third-order valence-electron chi connectivity index (χ3n) is 3.64. The van der Waals surface area contributed by atoms with Crippen LogP contribution in [0.25, 0.3) is 0 Å². The maximum absolute atomic E-state index is 13.6. The third-order valence-corrected chi connectivity index (χ3v) is 3.64. The number of hydrogen-bond acceptors (Lipinski definition) is 3. The molecular formula is C18H19F4N2O3+. The Balaban J connectivity index is 1.98. The fourth-order valence-electron chi connectivity index (χ4n) is 2.50. The van der Waals surface area contributed by atoms with Crippen molar-refractivity contribution in [2.45, 2.75) is 13.2 Å². The van der Waals surface area contributed by atoms with Crippen molar-refractivity contribution in [3.05, 3.63) is 53.6 Å². The van der Waals surface area contributed by atoms with E-state index in [0.29, 0.717) is 17.0 Å². The van der Waals surface area contributed by atoms with E-state index in [0.717, 1.165) is 12.1 Å². The average Bonchev–Trinajstić information content (AvgIpc) is 2.59. The molecule has 2 rings (SSSR count). The lowest BCUT2D eigenvalue weighted by Gasteiger charge is -2.16. The summed E-state index contributed by atoms with van der Waals surface area (Å²) in [7, 11) is 3.03. The van der Waals surface area contributed by atoms with Gasteiger partial charge in [0.25, 0.3) is 5.91 Å². The second-order valence-electron chi connectivity index (χ2n) is 5.82. The number of halogens is 4. The van der Waals surface area contributed by atoms with E-state index in [2.05, 4.69) is 10.1 Å². The van der Waals surface area contributed by atoms with Gasteiger partial charge in [-0.3, -0.25) is 4.79 Å². The summed E-state index contributed by atoms with van der Waals surface area (Å²) in [6, 6.07) is 7.73. The topological polar surface area (TPSA) is 52.0 Å². The predicted octanol–water partition coefficient (Wildman–Crippen LogP) is 2.23. The zero-order valence-corrected chi connectivity index (χ0v) is 14.7. The molecule has 1 amide bonds. The predicted molar refractivity (Wildman–Crippen MR) is 90.1 cm³/mol. The highest BCUT2D eigenvalue weighted by atomic mass is 19.3. The smallest absolute Gasteiger partial charge is 0.387 e. The number of likely N-dealkylation sites (N-methyl/N-ethyl adjacent to an activating group) is 1. The molecule has 0 spiro atoms. The molecule has 0 fully saturated rings. The van der Waals surface area contributed by atoms with Gasteiger partial charge in [-0.25, -0.2) is 8.78 Å². The highest BCUT2D eigenvalue weighted by Gasteiger charge is 2.17. The zero-order chi connectivity index (χ0) is 20.0. The molecule has 0 heterocycles. The summed E-state index contributed by atoms with van der Waals surface area (Å²) in [4.78, 5) is 12.7. The standard InChI is InChI=1S/C18H18F4N2O3/c1-24(10-16(25)23-17-12(19)4-3-5-13(17)20)9-11-6-7-14(27-18(21)22)15(8-11)26-2/h3-8,18H,9-10H2,1-2H3,(H,23,25)/p+1. The van der Waals surface area contributed by atoms with Crippen LogP contribution in [0.4, 0.5) is 23.2 Å². The normalized spacial score (nSPS) is 12.0. The average molecular weight is 387 g/mol. The van der Waals surface area contributed by atoms with Crippen molar-refractivity contribution < 1.29 is 36.7 Å². The van der Waals surface area contributed by atoms with Gasteiger partial charge >= 0.3 is 6.61 Å². The van der Waals surface area contributed by atoms with Gasteiger partial charge in [-0.15, -0.1) is 0 Å². The quantitative estimate of drug-likeness (QED) is 0.683. The van der Waals surface area contributed by atoms with Crippen LogP contribution in [0.3, 0.4) is 0 Å². The fourth-order valence-corrected chi connectivity index (χ4v) is 2.50. The van der Waals surface area contributed by atoms with Crippen molar-refractivity contribution in [2.75, 3.05) is 26.0 Å². The van der Waals surface area contributed by atoms with Gasteiger partial charge in [0, 0.05) is 5.56 Å². The fraction of sp³-hybridized carbons (Fsp3) is 0.278. The SMILES string of the molecule is COc1cc(C[NH+](C)CC(=O)Nc2c(F)cccc2F)ccc1OC(F)F. The summed E-state index contributed by atoms with van der Waals surface area (Å²) in [5, 5.41) is 2.21. The number of alkyl halides is 2. The molecule has 0 aliphatic rings. The van der Waals surface area contributed by atoms with Gasteiger partial charge < -0.3 is 19.7 Å². The Hall–Kier alpha value is -2.81. The van der Waals surface area contributed by atoms with Gasteiger partial charge in [0.2, 0.25) is 0 Å². The summed E-state index contributed by atoms with van der Waals surface area (Å²) in [6.07, 6.45) is 0. The molecular weight excluding hydrogens is 368 g/mol. The molecule has 0 aliphatic heterocycles. The number of carbonyl (C=O) groups excluding carboxylic acids is 1. The minimum atomic E-state index is -2.97. The van der Waals surface area contributed by atoms with Crippen molar-refractivity contribution in [1.82, 2.24) is 0 Å². The number of anilines is 1. The molecule has 1 unspecified atom stereocenters. The molecule has 1 atom stereocenters. The number of amides is 1. The monoisotopic (exact) mass is 387 g/mol. The lowest BCUT2D eigenvalue weighted by Crippen LogP contribution is -3.08. The first-order valence-corrected chi connectivity index (χ1v) is 7.97. The molecule has 2 aromatic rings. The van der Waals surface area contributed by atoms with Crippen LogP contribution < -0.4 is 19.7 Å². The molecule has 5 nitrogen and oxygen atoms in total. The summed E-state index contributed by atoms with van der Waals surface area (Å²) in [5.41, 5.74) is 0.210. The van der Waals surface area contributed by atoms with Crippen LogP contribution in [0, 0.1) is 11.6 Å². The van der Waals surface area contributed by atoms with Gasteiger partial charge in [-0.2, -0.15) is 8.78 Å². The molecule has 0 saturated heterocycles. The summed E-state index contributed by atoms with van der Waals surface area (Å²) < 4.78 is 61.2. The molecule has 0 bridgehead atoms. The lowest BCUT2D eigenvalue weighted by molar-refractivity contribution is -0.885. The number of para-hydroxylation sites is 1. The van der Waals surface area contributed by atoms with Crippen molar-refractivity contribution in [1.29, 1.82) is 0 Å². The largest absolute Gasteiger partial charge is 0.493 e. The maximum atomic E-state index is 13.6. The number of ether oxygens (including phenoxy) is 2. The summed E-state index contributed by atoms with van der Waals surface area (Å²) in [6.45, 7) is -2.69. The number of rotatable bonds is 8. The van der Waals surface area contributed by atoms with E-state index in [1.54, 1.807) is 13.1 Å². The van der Waals surface area contributed by atoms with Crippen LogP contribution in [0.5, 0.6) is 11.5 Å². The maximum Gasteiger partial charge on any atom is 0.387 e. The van der Waals surface area contributed by atoms with Gasteiger partial charge in [0.15, 0.2) is 18.0 Å². The first-order valence-electron chi connectivity index (χ1n) is 7.97. The zero-order valence-electron chi connectivity index (χ0n) is 14.7. The van der Waals surface area contributed by atoms with Crippen LogP contribution in [-0.4, -0.2) is 33.2 Å². The van der Waals surface area contributed by atoms with E-state index in [1.807, 2.05) is 0 Å². The third kappa shape index (κ3) is 5.85. The molecule has 0 aromatic heterocycles. The van der Waals surface area contributed by atoms with Crippen LogP contribution in [0.1, 0.15) is 5.56 Å². The van der Waals surface area contributed by atoms with Crippen molar-refractivity contribution in [2.24, 2.45) is 0 Å². The van der Waals surface area contributed by atoms with E-state index >= 15 is 0 Å². The summed E-state index contributed by atoms with van der Waals surface area (Å²) in [5.74, 6) is -2.25. The Morgan fingerprint density at radius 2 is 1.81 bits per heavy atom. The molecule has 146 valence electrons. The van der Waals surface area contributed by atoms with Gasteiger partial charge in [-0.1, -0.05) is 6.07 Å². The van der Waals surface area contributed by atoms with Crippen molar-refractivity contribution in [3.8, 4) is 11.5 Å². The molecule has 2 aromatic carbocycles. The highest BCUT2D eigenvalue weighted by Crippen LogP contribution is 2.29. The summed E-state index contributed by atoms with van der Waals surface area (Å²) >= 11 is 0. The second kappa shape index (κ2) is 9.22. The van der Waals surface area contributed by atoms with Gasteiger partial charge in [-0.05, 0) is 30.3 Å². The number of benzene rings is 2. The molecule has 0 saturated carbocycles. The Morgan fingerprint density at radius 3 is 2.41 bits per heavy atom. The van der Waals surface area contributed by atoms with Crippen LogP contribution >= 0.6 is 0 Å². The number of hydrogen-bond donors (Lipinski definition) is 2. The Bertz CT molecular complexity index is 782. The van der Waals surface area contributed by atoms with Crippen LogP contribution in [0.2, 0.25) is 0 Å². The lowest BCUT2D eigenvalue weighted by atomic mass is 10.2. The van der Waals surface area contributed by atoms with Gasteiger partial charge in [0.1, 0.15) is 23.9 Å². The van der Waals surface area contributed by atoms with Crippen LogP contribution in [0.15, 0.2) is 36.4 Å². The Morgan fingerprint density at radius 1 is 1.15 bits per heavy atom. The van der Waals surface area contributed by atoms with E-state index in [1.165, 1.54) is 25.3 Å². The Labute approximate surface area is 153 Å². The molecule has 9 heteroatoms. The first kappa shape index (κ1) is 20.5. The van der Waals surface area contributed by atoms with Crippen molar-refractivity contribution in [3.63, 3.8) is 0 Å². The second-order valence-corrected chi connectivity index (χ2v) is 5.82. The van der Waals surface area contributed by atoms with Crippen molar-refractivity contribution >= 4 is 11.6 Å². The van der Waals surface area contributed by atoms with E-state index in [-0.39, 0.29) is 18.0 Å². The van der Waals surface area contributed by atoms with Gasteiger partial charge in [0.05, 0.1) is 14.2 Å². The number of nitrogens with one attached hydrogen (secondary N) is 2. The van der Waals surface area contributed by atoms with E-state index in [9.17, 15) is 22.4 Å². The molecule has 2 N–H and O–H groups in total. The number of carbonyl (C=O) groups is 1. The van der Waals surface area contributed by atoms with E-state index in [4.69, 9.17) is 4.74 Å². The highest BCUT2D eigenvalue weighted by molar-refractivity contribution is 5.91. The molecule has 27 heavy (non-hydrogen) atoms. The van der Waals surface area contributed by atoms with Crippen LogP contribution in [-0.2, 0) is 11.3 Å². The minimum Gasteiger partial charge on any atom is -0.493 e. The molecule has 0 aliphatic carbocycles. The first-order chi connectivity index (χ1) is 12.8. The number of quaternary nitrogens is 1.